The minimum absolute atomic E-state index is 0.0505. The molecule has 14 heavy (non-hydrogen) atoms. The Labute approximate surface area is 80.5 Å². The fraction of sp³-hybridized carbons (Fsp3) is 0.111. The van der Waals surface area contributed by atoms with Crippen LogP contribution in [0.3, 0.4) is 0 Å². The van der Waals surface area contributed by atoms with Gasteiger partial charge in [-0.3, -0.25) is 10.6 Å². The molecule has 5 heteroatoms. The zero-order chi connectivity index (χ0) is 10.6. The van der Waals surface area contributed by atoms with E-state index in [9.17, 15) is 9.59 Å². The summed E-state index contributed by atoms with van der Waals surface area (Å²) in [7, 11) is 1.21. The van der Waals surface area contributed by atoms with Crippen molar-refractivity contribution in [3.05, 3.63) is 40.1 Å². The summed E-state index contributed by atoms with van der Waals surface area (Å²) < 4.78 is 4.45. The van der Waals surface area contributed by atoms with Gasteiger partial charge in [-0.25, -0.2) is 4.79 Å². The standard InChI is InChI=1S/C9H10N2O3/c1-14-9(13)6-4-2-3-5-7(11-10)8(6)12/h2-5H,10H2,1H3,(H,11,12). The third-order valence-electron chi connectivity index (χ3n) is 1.69. The van der Waals surface area contributed by atoms with Crippen LogP contribution >= 0.6 is 0 Å². The smallest absolute Gasteiger partial charge is 0.341 e. The topological polar surface area (TPSA) is 81.4 Å². The van der Waals surface area contributed by atoms with Crippen molar-refractivity contribution in [1.29, 1.82) is 0 Å². The van der Waals surface area contributed by atoms with Gasteiger partial charge >= 0.3 is 5.97 Å². The van der Waals surface area contributed by atoms with Crippen molar-refractivity contribution in [1.82, 2.24) is 0 Å². The van der Waals surface area contributed by atoms with Gasteiger partial charge in [0, 0.05) is 0 Å². The molecule has 0 unspecified atom stereocenters. The SMILES string of the molecule is COC(=O)c1ccccc(NN)c1=O. The Balaban J connectivity index is 3.40. The maximum Gasteiger partial charge on any atom is 0.341 e. The van der Waals surface area contributed by atoms with E-state index in [-0.39, 0.29) is 11.3 Å². The van der Waals surface area contributed by atoms with Crippen LogP contribution in [0, 0.1) is 0 Å². The van der Waals surface area contributed by atoms with Crippen molar-refractivity contribution in [3.63, 3.8) is 0 Å². The molecule has 0 saturated heterocycles. The zero-order valence-electron chi connectivity index (χ0n) is 7.61. The molecule has 0 fully saturated rings. The van der Waals surface area contributed by atoms with E-state index in [1.807, 2.05) is 0 Å². The Morgan fingerprint density at radius 2 is 2.07 bits per heavy atom. The molecule has 0 spiro atoms. The van der Waals surface area contributed by atoms with Gasteiger partial charge in [0.25, 0.3) is 0 Å². The summed E-state index contributed by atoms with van der Waals surface area (Å²) in [5.41, 5.74) is 1.83. The highest BCUT2D eigenvalue weighted by atomic mass is 16.5. The van der Waals surface area contributed by atoms with E-state index in [0.29, 0.717) is 0 Å². The Kier molecular flexibility index (Phi) is 3.19. The average molecular weight is 194 g/mol. The third kappa shape index (κ3) is 1.89. The number of rotatable bonds is 2. The van der Waals surface area contributed by atoms with Crippen molar-refractivity contribution in [2.24, 2.45) is 5.84 Å². The van der Waals surface area contributed by atoms with E-state index in [4.69, 9.17) is 5.84 Å². The second-order valence-corrected chi connectivity index (χ2v) is 2.51. The number of methoxy groups -OCH3 is 1. The second-order valence-electron chi connectivity index (χ2n) is 2.51. The summed E-state index contributed by atoms with van der Waals surface area (Å²) in [4.78, 5) is 22.7. The van der Waals surface area contributed by atoms with Crippen LogP contribution in [-0.2, 0) is 4.74 Å². The number of carbonyl (C=O) groups is 1. The number of esters is 1. The van der Waals surface area contributed by atoms with Crippen molar-refractivity contribution < 1.29 is 9.53 Å². The number of carbonyl (C=O) groups excluding carboxylic acids is 1. The average Bonchev–Trinajstić information content (AvgIpc) is 2.39. The zero-order valence-corrected chi connectivity index (χ0v) is 7.61. The first-order chi connectivity index (χ1) is 6.70. The van der Waals surface area contributed by atoms with E-state index in [1.165, 1.54) is 19.2 Å². The highest BCUT2D eigenvalue weighted by molar-refractivity contribution is 5.89. The minimum Gasteiger partial charge on any atom is -0.465 e. The molecule has 0 atom stereocenters. The van der Waals surface area contributed by atoms with Gasteiger partial charge in [0.2, 0.25) is 5.43 Å². The lowest BCUT2D eigenvalue weighted by Gasteiger charge is -1.96. The van der Waals surface area contributed by atoms with Crippen molar-refractivity contribution >= 4 is 11.7 Å². The number of nitrogens with two attached hydrogens (primary N) is 1. The summed E-state index contributed by atoms with van der Waals surface area (Å²) in [5, 5.41) is 0. The summed E-state index contributed by atoms with van der Waals surface area (Å²) >= 11 is 0. The Bertz CT molecular complexity index is 404. The van der Waals surface area contributed by atoms with Gasteiger partial charge < -0.3 is 10.2 Å². The lowest BCUT2D eigenvalue weighted by atomic mass is 10.2. The van der Waals surface area contributed by atoms with Gasteiger partial charge in [0.05, 0.1) is 12.8 Å². The molecule has 5 nitrogen and oxygen atoms in total. The van der Waals surface area contributed by atoms with Crippen LogP contribution in [0.5, 0.6) is 0 Å². The van der Waals surface area contributed by atoms with E-state index >= 15 is 0 Å². The number of hydrogen-bond acceptors (Lipinski definition) is 5. The summed E-state index contributed by atoms with van der Waals surface area (Å²) in [6.45, 7) is 0. The van der Waals surface area contributed by atoms with Crippen LogP contribution in [0.2, 0.25) is 0 Å². The first-order valence-electron chi connectivity index (χ1n) is 3.89. The van der Waals surface area contributed by atoms with E-state index < -0.39 is 11.4 Å². The van der Waals surface area contributed by atoms with Gasteiger partial charge in [-0.15, -0.1) is 0 Å². The van der Waals surface area contributed by atoms with E-state index in [0.717, 1.165) is 0 Å². The van der Waals surface area contributed by atoms with Crippen LogP contribution in [0.4, 0.5) is 5.69 Å². The number of nitrogen functional groups attached to an aromatic ring is 1. The number of hydrazine groups is 1. The predicted molar refractivity (Wildman–Crippen MR) is 51.9 cm³/mol. The second kappa shape index (κ2) is 4.38. The van der Waals surface area contributed by atoms with Gasteiger partial charge in [0.1, 0.15) is 5.56 Å². The van der Waals surface area contributed by atoms with E-state index in [2.05, 4.69) is 10.2 Å². The minimum atomic E-state index is -0.678. The number of anilines is 1. The molecule has 0 aliphatic heterocycles. The first-order valence-corrected chi connectivity index (χ1v) is 3.89. The largest absolute Gasteiger partial charge is 0.465 e. The molecule has 74 valence electrons. The molecule has 0 saturated carbocycles. The molecule has 1 aromatic rings. The molecular formula is C9H10N2O3. The molecule has 0 aliphatic rings. The van der Waals surface area contributed by atoms with Crippen LogP contribution in [0.25, 0.3) is 0 Å². The third-order valence-corrected chi connectivity index (χ3v) is 1.69. The predicted octanol–water partition coefficient (Wildman–Crippen LogP) is 0.119. The summed E-state index contributed by atoms with van der Waals surface area (Å²) in [5.74, 6) is 4.44. The van der Waals surface area contributed by atoms with Crippen molar-refractivity contribution in [3.8, 4) is 0 Å². The monoisotopic (exact) mass is 194 g/mol. The maximum absolute atomic E-state index is 11.6. The molecule has 1 aromatic carbocycles. The van der Waals surface area contributed by atoms with Crippen LogP contribution in [0.15, 0.2) is 29.1 Å². The Morgan fingerprint density at radius 1 is 1.43 bits per heavy atom. The molecule has 0 bridgehead atoms. The Hall–Kier alpha value is -1.88. The fourth-order valence-electron chi connectivity index (χ4n) is 0.984. The molecule has 0 radical (unpaired) electrons. The lowest BCUT2D eigenvalue weighted by molar-refractivity contribution is 0.0599. The van der Waals surface area contributed by atoms with Gasteiger partial charge in [-0.05, 0) is 12.1 Å². The maximum atomic E-state index is 11.6. The van der Waals surface area contributed by atoms with E-state index in [1.54, 1.807) is 12.1 Å². The first kappa shape index (κ1) is 10.2. The summed E-state index contributed by atoms with van der Waals surface area (Å²) in [6, 6.07) is 6.03. The molecule has 0 amide bonds. The van der Waals surface area contributed by atoms with Gasteiger partial charge in [-0.2, -0.15) is 0 Å². The number of nitrogens with one attached hydrogen (secondary N) is 1. The van der Waals surface area contributed by atoms with Crippen LogP contribution < -0.4 is 16.7 Å². The lowest BCUT2D eigenvalue weighted by Crippen LogP contribution is -2.20. The Morgan fingerprint density at radius 3 is 2.64 bits per heavy atom. The molecule has 3 N–H and O–H groups in total. The molecule has 0 heterocycles. The fourth-order valence-corrected chi connectivity index (χ4v) is 0.984. The van der Waals surface area contributed by atoms with Crippen LogP contribution in [-0.4, -0.2) is 13.1 Å². The summed E-state index contributed by atoms with van der Waals surface area (Å²) in [6.07, 6.45) is 0. The molecular weight excluding hydrogens is 184 g/mol. The highest BCUT2D eigenvalue weighted by Gasteiger charge is 2.10. The molecule has 0 aromatic heterocycles. The molecule has 0 aliphatic carbocycles. The van der Waals surface area contributed by atoms with Gasteiger partial charge in [0.15, 0.2) is 0 Å². The highest BCUT2D eigenvalue weighted by Crippen LogP contribution is 2.00. The van der Waals surface area contributed by atoms with Crippen molar-refractivity contribution in [2.75, 3.05) is 12.5 Å². The van der Waals surface area contributed by atoms with Crippen molar-refractivity contribution in [2.45, 2.75) is 0 Å². The quantitative estimate of drug-likeness (QED) is 0.397. The number of ether oxygens (including phenoxy) is 1. The molecule has 1 rings (SSSR count). The van der Waals surface area contributed by atoms with Crippen LogP contribution in [0.1, 0.15) is 10.4 Å². The number of hydrogen-bond donors (Lipinski definition) is 2. The normalized spacial score (nSPS) is 9.29. The van der Waals surface area contributed by atoms with Gasteiger partial charge in [-0.1, -0.05) is 12.1 Å².